The molecule has 0 fully saturated rings. The Hall–Kier alpha value is -1.38. The molecular weight excluding hydrogens is 305 g/mol. The van der Waals surface area contributed by atoms with Crippen LogP contribution in [0.4, 0.5) is 5.69 Å². The molecule has 2 aromatic rings. The number of rotatable bonds is 5. The fourth-order valence-electron chi connectivity index (χ4n) is 2.14. The van der Waals surface area contributed by atoms with Crippen molar-refractivity contribution in [3.8, 4) is 5.75 Å². The van der Waals surface area contributed by atoms with Gasteiger partial charge in [-0.25, -0.2) is 0 Å². The van der Waals surface area contributed by atoms with E-state index in [9.17, 15) is 5.11 Å². The molecule has 21 heavy (non-hydrogen) atoms. The van der Waals surface area contributed by atoms with E-state index in [0.29, 0.717) is 12.5 Å². The first-order valence-electron chi connectivity index (χ1n) is 6.95. The predicted molar refractivity (Wildman–Crippen MR) is 90.4 cm³/mol. The van der Waals surface area contributed by atoms with E-state index >= 15 is 0 Å². The van der Waals surface area contributed by atoms with Crippen LogP contribution in [0.3, 0.4) is 0 Å². The molecule has 0 aliphatic carbocycles. The Balaban J connectivity index is 2.00. The normalized spacial score (nSPS) is 10.9. The average Bonchev–Trinajstić information content (AvgIpc) is 2.43. The van der Waals surface area contributed by atoms with Crippen molar-refractivity contribution in [2.24, 2.45) is 5.92 Å². The molecule has 0 aliphatic rings. The molecule has 2 aromatic carbocycles. The third-order valence-electron chi connectivity index (χ3n) is 3.18. The SMILES string of the molecule is CC(C)Cc1ccc(CNc2cc(Cl)c(O)c(Cl)c2)cc1. The largest absolute Gasteiger partial charge is 0.505 e. The molecule has 2 N–H and O–H groups in total. The highest BCUT2D eigenvalue weighted by Crippen LogP contribution is 2.34. The molecule has 0 aliphatic heterocycles. The third kappa shape index (κ3) is 4.55. The monoisotopic (exact) mass is 323 g/mol. The fraction of sp³-hybridized carbons (Fsp3) is 0.294. The van der Waals surface area contributed by atoms with Gasteiger partial charge in [0.2, 0.25) is 0 Å². The summed E-state index contributed by atoms with van der Waals surface area (Å²) in [6.45, 7) is 5.11. The number of nitrogens with one attached hydrogen (secondary N) is 1. The zero-order valence-electron chi connectivity index (χ0n) is 12.2. The second-order valence-electron chi connectivity index (χ2n) is 5.56. The summed E-state index contributed by atoms with van der Waals surface area (Å²) in [5.74, 6) is 0.581. The second-order valence-corrected chi connectivity index (χ2v) is 6.37. The molecule has 2 nitrogen and oxygen atoms in total. The van der Waals surface area contributed by atoms with E-state index in [-0.39, 0.29) is 15.8 Å². The minimum Gasteiger partial charge on any atom is -0.505 e. The highest BCUT2D eigenvalue weighted by molar-refractivity contribution is 6.37. The van der Waals surface area contributed by atoms with E-state index in [0.717, 1.165) is 12.1 Å². The van der Waals surface area contributed by atoms with Crippen LogP contribution in [-0.2, 0) is 13.0 Å². The number of anilines is 1. The maximum atomic E-state index is 9.53. The first-order chi connectivity index (χ1) is 9.95. The first kappa shape index (κ1) is 16.0. The van der Waals surface area contributed by atoms with E-state index in [1.165, 1.54) is 11.1 Å². The Labute approximate surface area is 135 Å². The molecule has 0 aromatic heterocycles. The Morgan fingerprint density at radius 2 is 1.52 bits per heavy atom. The highest BCUT2D eigenvalue weighted by atomic mass is 35.5. The minimum absolute atomic E-state index is 0.0816. The number of halogens is 2. The van der Waals surface area contributed by atoms with Crippen molar-refractivity contribution in [2.45, 2.75) is 26.8 Å². The van der Waals surface area contributed by atoms with Gasteiger partial charge in [-0.05, 0) is 35.6 Å². The van der Waals surface area contributed by atoms with Crippen molar-refractivity contribution < 1.29 is 5.11 Å². The number of hydrogen-bond donors (Lipinski definition) is 2. The molecule has 0 bridgehead atoms. The van der Waals surface area contributed by atoms with Crippen LogP contribution in [0.15, 0.2) is 36.4 Å². The van der Waals surface area contributed by atoms with Crippen LogP contribution < -0.4 is 5.32 Å². The lowest BCUT2D eigenvalue weighted by Gasteiger charge is -2.10. The van der Waals surface area contributed by atoms with Gasteiger partial charge >= 0.3 is 0 Å². The molecular formula is C17H19Cl2NO. The summed E-state index contributed by atoms with van der Waals surface area (Å²) >= 11 is 11.8. The van der Waals surface area contributed by atoms with E-state index in [2.05, 4.69) is 43.4 Å². The number of phenols is 1. The van der Waals surface area contributed by atoms with Crippen LogP contribution in [-0.4, -0.2) is 5.11 Å². The Morgan fingerprint density at radius 3 is 2.05 bits per heavy atom. The average molecular weight is 324 g/mol. The maximum Gasteiger partial charge on any atom is 0.152 e. The molecule has 0 amide bonds. The van der Waals surface area contributed by atoms with Crippen LogP contribution in [0, 0.1) is 5.92 Å². The first-order valence-corrected chi connectivity index (χ1v) is 7.71. The molecule has 0 saturated heterocycles. The van der Waals surface area contributed by atoms with Gasteiger partial charge in [0.15, 0.2) is 5.75 Å². The van der Waals surface area contributed by atoms with Crippen LogP contribution in [0.1, 0.15) is 25.0 Å². The molecule has 0 unspecified atom stereocenters. The van der Waals surface area contributed by atoms with Crippen molar-refractivity contribution >= 4 is 28.9 Å². The van der Waals surface area contributed by atoms with Crippen molar-refractivity contribution in [3.05, 3.63) is 57.6 Å². The van der Waals surface area contributed by atoms with E-state index in [1.807, 2.05) is 0 Å². The lowest BCUT2D eigenvalue weighted by Crippen LogP contribution is -2.00. The molecule has 0 heterocycles. The number of hydrogen-bond acceptors (Lipinski definition) is 2. The van der Waals surface area contributed by atoms with E-state index in [1.54, 1.807) is 12.1 Å². The molecule has 0 radical (unpaired) electrons. The van der Waals surface area contributed by atoms with Crippen LogP contribution in [0.2, 0.25) is 10.0 Å². The van der Waals surface area contributed by atoms with Crippen molar-refractivity contribution in [3.63, 3.8) is 0 Å². The lowest BCUT2D eigenvalue weighted by atomic mass is 10.0. The quantitative estimate of drug-likeness (QED) is 0.711. The molecule has 4 heteroatoms. The summed E-state index contributed by atoms with van der Waals surface area (Å²) in [7, 11) is 0. The number of phenolic OH excluding ortho intramolecular Hbond substituents is 1. The standard InChI is InChI=1S/C17H19Cl2NO/c1-11(2)7-12-3-5-13(6-4-12)10-20-14-8-15(18)17(21)16(19)9-14/h3-6,8-9,11,20-21H,7,10H2,1-2H3. The van der Waals surface area contributed by atoms with E-state index in [4.69, 9.17) is 23.2 Å². The minimum atomic E-state index is -0.0816. The van der Waals surface area contributed by atoms with Crippen LogP contribution in [0.5, 0.6) is 5.75 Å². The van der Waals surface area contributed by atoms with Gasteiger partial charge in [-0.1, -0.05) is 61.3 Å². The van der Waals surface area contributed by atoms with Gasteiger partial charge in [0.1, 0.15) is 0 Å². The summed E-state index contributed by atoms with van der Waals surface area (Å²) in [5.41, 5.74) is 3.32. The summed E-state index contributed by atoms with van der Waals surface area (Å²) in [4.78, 5) is 0. The Kier molecular flexibility index (Phi) is 5.38. The van der Waals surface area contributed by atoms with Gasteiger partial charge in [0.05, 0.1) is 10.0 Å². The van der Waals surface area contributed by atoms with Gasteiger partial charge in [0, 0.05) is 12.2 Å². The van der Waals surface area contributed by atoms with Gasteiger partial charge in [-0.3, -0.25) is 0 Å². The van der Waals surface area contributed by atoms with Crippen molar-refractivity contribution in [1.29, 1.82) is 0 Å². The smallest absolute Gasteiger partial charge is 0.152 e. The lowest BCUT2D eigenvalue weighted by molar-refractivity contribution is 0.476. The topological polar surface area (TPSA) is 32.3 Å². The maximum absolute atomic E-state index is 9.53. The summed E-state index contributed by atoms with van der Waals surface area (Å²) < 4.78 is 0. The number of aromatic hydroxyl groups is 1. The summed E-state index contributed by atoms with van der Waals surface area (Å²) in [6, 6.07) is 11.9. The molecule has 2 rings (SSSR count). The summed E-state index contributed by atoms with van der Waals surface area (Å²) in [6.07, 6.45) is 1.09. The zero-order valence-corrected chi connectivity index (χ0v) is 13.7. The molecule has 0 atom stereocenters. The Bertz CT molecular complexity index is 586. The molecule has 0 saturated carbocycles. The van der Waals surface area contributed by atoms with Crippen molar-refractivity contribution in [1.82, 2.24) is 0 Å². The Morgan fingerprint density at radius 1 is 1.00 bits per heavy atom. The molecule has 0 spiro atoms. The number of benzene rings is 2. The van der Waals surface area contributed by atoms with Crippen LogP contribution >= 0.6 is 23.2 Å². The highest BCUT2D eigenvalue weighted by Gasteiger charge is 2.06. The fourth-order valence-corrected chi connectivity index (χ4v) is 2.62. The van der Waals surface area contributed by atoms with E-state index < -0.39 is 0 Å². The second kappa shape index (κ2) is 7.06. The van der Waals surface area contributed by atoms with Crippen LogP contribution in [0.25, 0.3) is 0 Å². The van der Waals surface area contributed by atoms with Gasteiger partial charge in [0.25, 0.3) is 0 Å². The van der Waals surface area contributed by atoms with Gasteiger partial charge in [-0.2, -0.15) is 0 Å². The third-order valence-corrected chi connectivity index (χ3v) is 3.76. The molecule has 112 valence electrons. The van der Waals surface area contributed by atoms with Crippen molar-refractivity contribution in [2.75, 3.05) is 5.32 Å². The van der Waals surface area contributed by atoms with Gasteiger partial charge < -0.3 is 10.4 Å². The summed E-state index contributed by atoms with van der Waals surface area (Å²) in [5, 5.41) is 13.3. The zero-order chi connectivity index (χ0) is 15.4. The predicted octanol–water partition coefficient (Wildman–Crippen LogP) is 5.51. The van der Waals surface area contributed by atoms with Gasteiger partial charge in [-0.15, -0.1) is 0 Å².